The van der Waals surface area contributed by atoms with E-state index in [1.807, 2.05) is 0 Å². The number of nitrogens with one attached hydrogen (secondary N) is 3. The highest BCUT2D eigenvalue weighted by atomic mass is 35.5. The average molecular weight is 510 g/mol. The fourth-order valence-electron chi connectivity index (χ4n) is 3.15. The zero-order chi connectivity index (χ0) is 25.2. The molecule has 1 aliphatic carbocycles. The number of alkyl halides is 3. The van der Waals surface area contributed by atoms with Crippen molar-refractivity contribution in [3.8, 4) is 11.6 Å². The smallest absolute Gasteiger partial charge is 0.417 e. The Morgan fingerprint density at radius 3 is 2.63 bits per heavy atom. The van der Waals surface area contributed by atoms with Crippen LogP contribution in [-0.2, 0) is 6.18 Å². The van der Waals surface area contributed by atoms with E-state index in [2.05, 4.69) is 25.9 Å². The maximum atomic E-state index is 14.7. The van der Waals surface area contributed by atoms with Gasteiger partial charge in [0.15, 0.2) is 11.6 Å². The molecular formula is C23H20ClF4N5O2. The highest BCUT2D eigenvalue weighted by Crippen LogP contribution is 2.36. The fraction of sp³-hybridized carbons (Fsp3) is 0.261. The Labute approximate surface area is 202 Å². The van der Waals surface area contributed by atoms with Gasteiger partial charge in [0.25, 0.3) is 0 Å². The van der Waals surface area contributed by atoms with Crippen LogP contribution in [0.25, 0.3) is 0 Å². The number of carbonyl (C=O) groups is 1. The first-order chi connectivity index (χ1) is 16.6. The minimum absolute atomic E-state index is 0.104. The van der Waals surface area contributed by atoms with Crippen LogP contribution in [0.15, 0.2) is 42.7 Å². The van der Waals surface area contributed by atoms with Gasteiger partial charge in [-0.05, 0) is 55.5 Å². The summed E-state index contributed by atoms with van der Waals surface area (Å²) in [7, 11) is 0. The molecule has 0 unspecified atom stereocenters. The second kappa shape index (κ2) is 9.95. The van der Waals surface area contributed by atoms with Crippen LogP contribution in [0, 0.1) is 18.7 Å². The molecule has 35 heavy (non-hydrogen) atoms. The summed E-state index contributed by atoms with van der Waals surface area (Å²) in [4.78, 5) is 20.4. The van der Waals surface area contributed by atoms with Crippen molar-refractivity contribution in [1.29, 1.82) is 0 Å². The molecule has 184 valence electrons. The van der Waals surface area contributed by atoms with Gasteiger partial charge in [-0.3, -0.25) is 0 Å². The standard InChI is InChI=1S/C23H20ClF4N5O2/c1-12-6-19(35-21-9-20(30-11-31-21)29-10-13-2-3-13)17(25)8-18(12)33-22(34)32-14-4-5-16(24)15(7-14)23(26,27)28/h4-9,11,13H,2-3,10H2,1H3,(H,29,30,31)(H2,32,33,34). The molecule has 0 saturated heterocycles. The van der Waals surface area contributed by atoms with Gasteiger partial charge in [-0.2, -0.15) is 13.2 Å². The molecule has 12 heteroatoms. The molecule has 0 aliphatic heterocycles. The summed E-state index contributed by atoms with van der Waals surface area (Å²) in [6.07, 6.45) is -1.02. The Balaban J connectivity index is 1.42. The van der Waals surface area contributed by atoms with E-state index >= 15 is 0 Å². The van der Waals surface area contributed by atoms with Crippen LogP contribution < -0.4 is 20.7 Å². The topological polar surface area (TPSA) is 88.2 Å². The lowest BCUT2D eigenvalue weighted by Gasteiger charge is -2.14. The van der Waals surface area contributed by atoms with Crippen LogP contribution in [0.1, 0.15) is 24.0 Å². The summed E-state index contributed by atoms with van der Waals surface area (Å²) in [6, 6.07) is 6.06. The van der Waals surface area contributed by atoms with E-state index in [0.29, 0.717) is 23.4 Å². The fourth-order valence-corrected chi connectivity index (χ4v) is 3.37. The Morgan fingerprint density at radius 1 is 1.14 bits per heavy atom. The van der Waals surface area contributed by atoms with E-state index in [0.717, 1.165) is 18.7 Å². The quantitative estimate of drug-likeness (QED) is 0.303. The molecule has 7 nitrogen and oxygen atoms in total. The molecule has 1 heterocycles. The van der Waals surface area contributed by atoms with Crippen molar-refractivity contribution in [3.05, 3.63) is 64.7 Å². The number of urea groups is 1. The van der Waals surface area contributed by atoms with Gasteiger partial charge < -0.3 is 20.7 Å². The molecule has 0 spiro atoms. The van der Waals surface area contributed by atoms with E-state index in [1.54, 1.807) is 13.0 Å². The number of benzene rings is 2. The number of aryl methyl sites for hydroxylation is 1. The molecule has 0 bridgehead atoms. The SMILES string of the molecule is Cc1cc(Oc2cc(NCC3CC3)ncn2)c(F)cc1NC(=O)Nc1ccc(Cl)c(C(F)(F)F)c1. The first kappa shape index (κ1) is 24.5. The van der Waals surface area contributed by atoms with Gasteiger partial charge in [0.1, 0.15) is 12.1 Å². The number of amides is 2. The predicted octanol–water partition coefficient (Wildman–Crippen LogP) is 6.85. The molecule has 1 saturated carbocycles. The van der Waals surface area contributed by atoms with Crippen LogP contribution in [0.2, 0.25) is 5.02 Å². The zero-order valence-electron chi connectivity index (χ0n) is 18.3. The lowest BCUT2D eigenvalue weighted by molar-refractivity contribution is -0.137. The average Bonchev–Trinajstić information content (AvgIpc) is 3.61. The zero-order valence-corrected chi connectivity index (χ0v) is 19.1. The maximum Gasteiger partial charge on any atom is 0.417 e. The van der Waals surface area contributed by atoms with Crippen molar-refractivity contribution in [3.63, 3.8) is 0 Å². The number of hydrogen-bond acceptors (Lipinski definition) is 5. The largest absolute Gasteiger partial charge is 0.436 e. The second-order valence-corrected chi connectivity index (χ2v) is 8.44. The van der Waals surface area contributed by atoms with Gasteiger partial charge in [0, 0.05) is 30.1 Å². The monoisotopic (exact) mass is 509 g/mol. The molecule has 3 aromatic rings. The Hall–Kier alpha value is -3.60. The van der Waals surface area contributed by atoms with Gasteiger partial charge in [0.05, 0.1) is 10.6 Å². The van der Waals surface area contributed by atoms with Crippen LogP contribution in [0.3, 0.4) is 0 Å². The molecule has 4 rings (SSSR count). The van der Waals surface area contributed by atoms with Crippen LogP contribution in [0.4, 0.5) is 39.5 Å². The van der Waals surface area contributed by atoms with Crippen LogP contribution in [0.5, 0.6) is 11.6 Å². The number of halogens is 5. The van der Waals surface area contributed by atoms with E-state index in [9.17, 15) is 22.4 Å². The Kier molecular flexibility index (Phi) is 6.97. The van der Waals surface area contributed by atoms with Gasteiger partial charge in [0.2, 0.25) is 5.88 Å². The van der Waals surface area contributed by atoms with Crippen molar-refractivity contribution < 1.29 is 27.1 Å². The van der Waals surface area contributed by atoms with Crippen molar-refractivity contribution in [2.24, 2.45) is 5.92 Å². The minimum atomic E-state index is -4.68. The van der Waals surface area contributed by atoms with Gasteiger partial charge in [-0.15, -0.1) is 0 Å². The first-order valence-corrected chi connectivity index (χ1v) is 10.9. The van der Waals surface area contributed by atoms with Crippen molar-refractivity contribution in [2.45, 2.75) is 25.9 Å². The highest BCUT2D eigenvalue weighted by Gasteiger charge is 2.33. The van der Waals surface area contributed by atoms with Crippen LogP contribution in [-0.4, -0.2) is 22.5 Å². The Bertz CT molecular complexity index is 1250. The van der Waals surface area contributed by atoms with Gasteiger partial charge >= 0.3 is 12.2 Å². The molecule has 0 radical (unpaired) electrons. The number of anilines is 3. The molecule has 2 aromatic carbocycles. The number of carbonyl (C=O) groups excluding carboxylic acids is 1. The van der Waals surface area contributed by atoms with E-state index in [-0.39, 0.29) is 23.0 Å². The van der Waals surface area contributed by atoms with Crippen molar-refractivity contribution in [2.75, 3.05) is 22.5 Å². The summed E-state index contributed by atoms with van der Waals surface area (Å²) < 4.78 is 59.3. The number of nitrogens with zero attached hydrogens (tertiary/aromatic N) is 2. The third kappa shape index (κ3) is 6.50. The predicted molar refractivity (Wildman–Crippen MR) is 124 cm³/mol. The number of ether oxygens (including phenoxy) is 1. The molecule has 0 atom stereocenters. The number of aromatic nitrogens is 2. The second-order valence-electron chi connectivity index (χ2n) is 8.04. The first-order valence-electron chi connectivity index (χ1n) is 10.6. The number of rotatable bonds is 7. The van der Waals surface area contributed by atoms with E-state index in [1.165, 1.54) is 31.3 Å². The normalized spacial score (nSPS) is 13.3. The number of hydrogen-bond donors (Lipinski definition) is 3. The molecule has 1 fully saturated rings. The summed E-state index contributed by atoms with van der Waals surface area (Å²) in [5, 5.41) is 7.37. The third-order valence-electron chi connectivity index (χ3n) is 5.18. The lowest BCUT2D eigenvalue weighted by Crippen LogP contribution is -2.20. The third-order valence-corrected chi connectivity index (χ3v) is 5.51. The van der Waals surface area contributed by atoms with Crippen molar-refractivity contribution in [1.82, 2.24) is 9.97 Å². The highest BCUT2D eigenvalue weighted by molar-refractivity contribution is 6.31. The minimum Gasteiger partial charge on any atom is -0.436 e. The Morgan fingerprint density at radius 2 is 1.91 bits per heavy atom. The van der Waals surface area contributed by atoms with Crippen LogP contribution >= 0.6 is 11.6 Å². The summed E-state index contributed by atoms with van der Waals surface area (Å²) in [6.45, 7) is 2.40. The summed E-state index contributed by atoms with van der Waals surface area (Å²) in [5.41, 5.74) is -0.667. The van der Waals surface area contributed by atoms with E-state index in [4.69, 9.17) is 16.3 Å². The molecule has 1 aliphatic rings. The molecular weight excluding hydrogens is 490 g/mol. The molecule has 2 amide bonds. The van der Waals surface area contributed by atoms with Gasteiger partial charge in [-0.25, -0.2) is 19.2 Å². The van der Waals surface area contributed by atoms with Gasteiger partial charge in [-0.1, -0.05) is 11.6 Å². The summed E-state index contributed by atoms with van der Waals surface area (Å²) >= 11 is 5.58. The lowest BCUT2D eigenvalue weighted by atomic mass is 10.2. The molecule has 3 N–H and O–H groups in total. The maximum absolute atomic E-state index is 14.7. The summed E-state index contributed by atoms with van der Waals surface area (Å²) in [5.74, 6) is 0.442. The van der Waals surface area contributed by atoms with Crippen molar-refractivity contribution >= 4 is 34.8 Å². The molecule has 1 aromatic heterocycles. The van der Waals surface area contributed by atoms with E-state index < -0.39 is 28.6 Å².